The molecule has 2 aromatic rings. The van der Waals surface area contributed by atoms with Gasteiger partial charge in [-0.15, -0.1) is 0 Å². The zero-order valence-electron chi connectivity index (χ0n) is 10.4. The molecule has 2 heterocycles. The van der Waals surface area contributed by atoms with E-state index in [-0.39, 0.29) is 6.04 Å². The predicted octanol–water partition coefficient (Wildman–Crippen LogP) is 0.549. The van der Waals surface area contributed by atoms with E-state index in [1.807, 2.05) is 29.2 Å². The van der Waals surface area contributed by atoms with Crippen molar-refractivity contribution in [2.75, 3.05) is 6.54 Å². The van der Waals surface area contributed by atoms with Crippen LogP contribution in [-0.2, 0) is 11.3 Å². The Labute approximate surface area is 110 Å². The van der Waals surface area contributed by atoms with Gasteiger partial charge in [0.25, 0.3) is 0 Å². The molecule has 3 rings (SSSR count). The van der Waals surface area contributed by atoms with Gasteiger partial charge >= 0.3 is 5.97 Å². The number of carbonyl (C=O) groups is 1. The predicted molar refractivity (Wildman–Crippen MR) is 70.5 cm³/mol. The molecular formula is C13H16N4O2. The SMILES string of the molecule is N[C@H]1C[C@@H](C(=O)O)N(Cc2nc3ccccc3[nH]2)C1. The maximum absolute atomic E-state index is 11.2. The highest BCUT2D eigenvalue weighted by molar-refractivity contribution is 5.75. The standard InChI is InChI=1S/C13H16N4O2/c14-8-5-11(13(18)19)17(6-8)7-12-15-9-3-1-2-4-10(9)16-12/h1-4,8,11H,5-7,14H2,(H,15,16)(H,18,19)/t8-,11-/m0/s1. The molecule has 0 radical (unpaired) electrons. The minimum atomic E-state index is -0.816. The molecule has 0 amide bonds. The Balaban J connectivity index is 1.82. The van der Waals surface area contributed by atoms with Gasteiger partial charge in [0.1, 0.15) is 11.9 Å². The number of likely N-dealkylation sites (tertiary alicyclic amines) is 1. The Morgan fingerprint density at radius 3 is 3.05 bits per heavy atom. The highest BCUT2D eigenvalue weighted by Crippen LogP contribution is 2.20. The molecule has 1 aromatic heterocycles. The van der Waals surface area contributed by atoms with Crippen LogP contribution in [0, 0.1) is 0 Å². The third kappa shape index (κ3) is 2.32. The minimum Gasteiger partial charge on any atom is -0.480 e. The third-order valence-corrected chi connectivity index (χ3v) is 3.51. The van der Waals surface area contributed by atoms with Gasteiger partial charge in [0.15, 0.2) is 0 Å². The maximum Gasteiger partial charge on any atom is 0.320 e. The molecule has 2 atom stereocenters. The number of hydrogen-bond acceptors (Lipinski definition) is 4. The van der Waals surface area contributed by atoms with Crippen molar-refractivity contribution < 1.29 is 9.90 Å². The van der Waals surface area contributed by atoms with Crippen LogP contribution in [0.2, 0.25) is 0 Å². The quantitative estimate of drug-likeness (QED) is 0.749. The summed E-state index contributed by atoms with van der Waals surface area (Å²) < 4.78 is 0. The second-order valence-electron chi connectivity index (χ2n) is 4.98. The van der Waals surface area contributed by atoms with Crippen LogP contribution in [0.1, 0.15) is 12.2 Å². The Hall–Kier alpha value is -1.92. The van der Waals surface area contributed by atoms with Crippen LogP contribution >= 0.6 is 0 Å². The fourth-order valence-corrected chi connectivity index (χ4v) is 2.64. The van der Waals surface area contributed by atoms with Crippen LogP contribution < -0.4 is 5.73 Å². The number of para-hydroxylation sites is 2. The largest absolute Gasteiger partial charge is 0.480 e. The van der Waals surface area contributed by atoms with Gasteiger partial charge in [-0.25, -0.2) is 4.98 Å². The minimum absolute atomic E-state index is 0.0783. The number of rotatable bonds is 3. The number of carboxylic acids is 1. The Morgan fingerprint density at radius 1 is 1.53 bits per heavy atom. The number of nitrogens with one attached hydrogen (secondary N) is 1. The summed E-state index contributed by atoms with van der Waals surface area (Å²) in [6.07, 6.45) is 0.496. The van der Waals surface area contributed by atoms with E-state index in [1.165, 1.54) is 0 Å². The van der Waals surface area contributed by atoms with Crippen molar-refractivity contribution >= 4 is 17.0 Å². The van der Waals surface area contributed by atoms with Crippen molar-refractivity contribution in [1.29, 1.82) is 0 Å². The van der Waals surface area contributed by atoms with E-state index in [9.17, 15) is 9.90 Å². The summed E-state index contributed by atoms with van der Waals surface area (Å²) in [5, 5.41) is 9.19. The number of hydrogen-bond donors (Lipinski definition) is 3. The van der Waals surface area contributed by atoms with E-state index in [0.717, 1.165) is 16.9 Å². The van der Waals surface area contributed by atoms with Crippen molar-refractivity contribution in [3.63, 3.8) is 0 Å². The van der Waals surface area contributed by atoms with Gasteiger partial charge in [0, 0.05) is 12.6 Å². The number of imidazole rings is 1. The fourth-order valence-electron chi connectivity index (χ4n) is 2.64. The first-order valence-electron chi connectivity index (χ1n) is 6.29. The Bertz CT molecular complexity index is 576. The maximum atomic E-state index is 11.2. The molecule has 4 N–H and O–H groups in total. The molecule has 0 spiro atoms. The van der Waals surface area contributed by atoms with Crippen molar-refractivity contribution in [2.24, 2.45) is 5.73 Å². The molecule has 6 heteroatoms. The number of aromatic amines is 1. The second-order valence-corrected chi connectivity index (χ2v) is 4.98. The number of benzene rings is 1. The summed E-state index contributed by atoms with van der Waals surface area (Å²) in [5.74, 6) is -0.0365. The van der Waals surface area contributed by atoms with Crippen molar-refractivity contribution in [3.8, 4) is 0 Å². The molecule has 100 valence electrons. The number of fused-ring (bicyclic) bond motifs is 1. The molecule has 1 aliphatic rings. The lowest BCUT2D eigenvalue weighted by atomic mass is 10.2. The molecule has 1 aliphatic heterocycles. The number of aliphatic carboxylic acids is 1. The lowest BCUT2D eigenvalue weighted by Gasteiger charge is -2.19. The van der Waals surface area contributed by atoms with Crippen molar-refractivity contribution in [2.45, 2.75) is 25.0 Å². The van der Waals surface area contributed by atoms with Crippen molar-refractivity contribution in [3.05, 3.63) is 30.1 Å². The molecule has 1 fully saturated rings. The molecule has 1 aromatic carbocycles. The lowest BCUT2D eigenvalue weighted by molar-refractivity contribution is -0.142. The molecular weight excluding hydrogens is 244 g/mol. The number of nitrogens with zero attached hydrogens (tertiary/aromatic N) is 2. The number of carboxylic acid groups (broad SMARTS) is 1. The summed E-state index contributed by atoms with van der Waals surface area (Å²) in [5.41, 5.74) is 7.71. The second kappa shape index (κ2) is 4.64. The van der Waals surface area contributed by atoms with Crippen LogP contribution in [0.15, 0.2) is 24.3 Å². The van der Waals surface area contributed by atoms with Crippen LogP contribution in [0.3, 0.4) is 0 Å². The molecule has 1 saturated heterocycles. The Kier molecular flexibility index (Phi) is 2.96. The first-order chi connectivity index (χ1) is 9.13. The Morgan fingerprint density at radius 2 is 2.32 bits per heavy atom. The van der Waals surface area contributed by atoms with Gasteiger partial charge in [0.2, 0.25) is 0 Å². The van der Waals surface area contributed by atoms with Gasteiger partial charge < -0.3 is 15.8 Å². The third-order valence-electron chi connectivity index (χ3n) is 3.51. The number of H-pyrrole nitrogens is 1. The van der Waals surface area contributed by atoms with E-state index in [2.05, 4.69) is 9.97 Å². The van der Waals surface area contributed by atoms with E-state index in [4.69, 9.17) is 5.73 Å². The summed E-state index contributed by atoms with van der Waals surface area (Å²) in [6.45, 7) is 1.08. The fraction of sp³-hybridized carbons (Fsp3) is 0.385. The normalized spacial score (nSPS) is 24.1. The van der Waals surface area contributed by atoms with Gasteiger partial charge in [0.05, 0.1) is 17.6 Å². The van der Waals surface area contributed by atoms with Crippen LogP contribution in [0.25, 0.3) is 11.0 Å². The van der Waals surface area contributed by atoms with Gasteiger partial charge in [-0.05, 0) is 18.6 Å². The smallest absolute Gasteiger partial charge is 0.320 e. The van der Waals surface area contributed by atoms with E-state index in [1.54, 1.807) is 0 Å². The number of aromatic nitrogens is 2. The van der Waals surface area contributed by atoms with E-state index in [0.29, 0.717) is 19.5 Å². The molecule has 0 aliphatic carbocycles. The first kappa shape index (κ1) is 12.1. The van der Waals surface area contributed by atoms with Crippen LogP contribution in [-0.4, -0.2) is 44.6 Å². The zero-order valence-corrected chi connectivity index (χ0v) is 10.4. The van der Waals surface area contributed by atoms with E-state index >= 15 is 0 Å². The average molecular weight is 260 g/mol. The highest BCUT2D eigenvalue weighted by atomic mass is 16.4. The van der Waals surface area contributed by atoms with Crippen LogP contribution in [0.4, 0.5) is 0 Å². The van der Waals surface area contributed by atoms with E-state index < -0.39 is 12.0 Å². The molecule has 19 heavy (non-hydrogen) atoms. The highest BCUT2D eigenvalue weighted by Gasteiger charge is 2.35. The van der Waals surface area contributed by atoms with Crippen molar-refractivity contribution in [1.82, 2.24) is 14.9 Å². The monoisotopic (exact) mass is 260 g/mol. The topological polar surface area (TPSA) is 95.2 Å². The molecule has 0 saturated carbocycles. The lowest BCUT2D eigenvalue weighted by Crippen LogP contribution is -2.35. The summed E-state index contributed by atoms with van der Waals surface area (Å²) in [7, 11) is 0. The van der Waals surface area contributed by atoms with Gasteiger partial charge in [-0.1, -0.05) is 12.1 Å². The summed E-state index contributed by atoms with van der Waals surface area (Å²) in [6, 6.07) is 7.17. The molecule has 0 unspecified atom stereocenters. The first-order valence-corrected chi connectivity index (χ1v) is 6.29. The van der Waals surface area contributed by atoms with Crippen LogP contribution in [0.5, 0.6) is 0 Å². The number of nitrogens with two attached hydrogens (primary N) is 1. The molecule has 6 nitrogen and oxygen atoms in total. The zero-order chi connectivity index (χ0) is 13.4. The van der Waals surface area contributed by atoms with Gasteiger partial charge in [-0.2, -0.15) is 0 Å². The average Bonchev–Trinajstić information content (AvgIpc) is 2.92. The van der Waals surface area contributed by atoms with Gasteiger partial charge in [-0.3, -0.25) is 9.69 Å². The molecule has 0 bridgehead atoms. The summed E-state index contributed by atoms with van der Waals surface area (Å²) >= 11 is 0. The summed E-state index contributed by atoms with van der Waals surface area (Å²) in [4.78, 5) is 20.7.